The third kappa shape index (κ3) is 4.72. The molecule has 3 heterocycles. The number of morpholine rings is 2. The Hall–Kier alpha value is -3.68. The second-order valence-electron chi connectivity index (χ2n) is 9.48. The molecular formula is C30H31FN4O2. The summed E-state index contributed by atoms with van der Waals surface area (Å²) in [6, 6.07) is 21.5. The predicted molar refractivity (Wildman–Crippen MR) is 148 cm³/mol. The van der Waals surface area contributed by atoms with E-state index in [0.717, 1.165) is 78.6 Å². The molecule has 3 aromatic carbocycles. The van der Waals surface area contributed by atoms with Crippen molar-refractivity contribution >= 4 is 33.7 Å². The number of nitrogens with one attached hydrogen (secondary N) is 1. The number of benzene rings is 3. The van der Waals surface area contributed by atoms with Crippen molar-refractivity contribution in [3.8, 4) is 11.3 Å². The van der Waals surface area contributed by atoms with Gasteiger partial charge in [-0.25, -0.2) is 9.37 Å². The summed E-state index contributed by atoms with van der Waals surface area (Å²) in [5.74, 6) is -0.275. The van der Waals surface area contributed by atoms with Gasteiger partial charge in [-0.3, -0.25) is 0 Å². The third-order valence-electron chi connectivity index (χ3n) is 7.23. The number of para-hydroxylation sites is 1. The molecule has 2 saturated heterocycles. The van der Waals surface area contributed by atoms with Crippen molar-refractivity contribution in [1.29, 1.82) is 0 Å². The number of halogens is 1. The average Bonchev–Trinajstić information content (AvgIpc) is 2.96. The van der Waals surface area contributed by atoms with Crippen LogP contribution in [0.5, 0.6) is 0 Å². The Kier molecular flexibility index (Phi) is 6.64. The number of rotatable bonds is 5. The number of anilines is 4. The molecule has 0 atom stereocenters. The summed E-state index contributed by atoms with van der Waals surface area (Å²) < 4.78 is 26.1. The van der Waals surface area contributed by atoms with Crippen LogP contribution in [0, 0.1) is 12.7 Å². The average molecular weight is 499 g/mol. The van der Waals surface area contributed by atoms with Crippen LogP contribution >= 0.6 is 0 Å². The highest BCUT2D eigenvalue weighted by Crippen LogP contribution is 2.39. The van der Waals surface area contributed by atoms with Gasteiger partial charge in [0.2, 0.25) is 0 Å². The van der Waals surface area contributed by atoms with Gasteiger partial charge in [-0.2, -0.15) is 0 Å². The lowest BCUT2D eigenvalue weighted by Gasteiger charge is -2.33. The van der Waals surface area contributed by atoms with Crippen molar-refractivity contribution in [2.75, 3.05) is 67.7 Å². The predicted octanol–water partition coefficient (Wildman–Crippen LogP) is 5.77. The first-order chi connectivity index (χ1) is 18.2. The molecule has 1 N–H and O–H groups in total. The number of fused-ring (bicyclic) bond motifs is 1. The first-order valence-corrected chi connectivity index (χ1v) is 12.9. The van der Waals surface area contributed by atoms with Crippen LogP contribution in [0.15, 0.2) is 66.7 Å². The Labute approximate surface area is 216 Å². The van der Waals surface area contributed by atoms with Gasteiger partial charge < -0.3 is 24.6 Å². The fraction of sp³-hybridized carbons (Fsp3) is 0.300. The Bertz CT molecular complexity index is 1410. The Morgan fingerprint density at radius 2 is 1.49 bits per heavy atom. The molecule has 0 amide bonds. The highest BCUT2D eigenvalue weighted by Gasteiger charge is 2.21. The van der Waals surface area contributed by atoms with Crippen LogP contribution in [-0.4, -0.2) is 57.6 Å². The van der Waals surface area contributed by atoms with E-state index in [-0.39, 0.29) is 5.82 Å². The van der Waals surface area contributed by atoms with E-state index in [1.807, 2.05) is 31.2 Å². The minimum Gasteiger partial charge on any atom is -0.378 e. The summed E-state index contributed by atoms with van der Waals surface area (Å²) >= 11 is 0. The quantitative estimate of drug-likeness (QED) is 0.377. The first kappa shape index (κ1) is 23.7. The maximum Gasteiger partial charge on any atom is 0.132 e. The molecule has 0 bridgehead atoms. The van der Waals surface area contributed by atoms with Gasteiger partial charge in [0.1, 0.15) is 5.82 Å². The monoisotopic (exact) mass is 498 g/mol. The van der Waals surface area contributed by atoms with Gasteiger partial charge in [-0.05, 0) is 48.9 Å². The molecule has 4 aromatic rings. The minimum atomic E-state index is -0.275. The third-order valence-corrected chi connectivity index (χ3v) is 7.23. The van der Waals surface area contributed by atoms with Gasteiger partial charge in [-0.15, -0.1) is 0 Å². The first-order valence-electron chi connectivity index (χ1n) is 12.9. The number of pyridine rings is 1. The van der Waals surface area contributed by atoms with Crippen molar-refractivity contribution in [3.05, 3.63) is 78.1 Å². The van der Waals surface area contributed by atoms with Gasteiger partial charge in [-0.1, -0.05) is 30.3 Å². The standard InChI is InChI=1S/C30H31FN4O2/c1-21-29(23-6-2-4-8-25(23)31)32-26-9-5-3-7-24(26)30(21)33-27-20-22(34-12-16-36-17-13-34)10-11-28(27)35-14-18-37-19-15-35/h2-11,20H,12-19H2,1H3,(H,32,33). The van der Waals surface area contributed by atoms with E-state index < -0.39 is 0 Å². The van der Waals surface area contributed by atoms with Crippen LogP contribution in [0.2, 0.25) is 0 Å². The van der Waals surface area contributed by atoms with Crippen LogP contribution in [-0.2, 0) is 9.47 Å². The van der Waals surface area contributed by atoms with E-state index in [1.165, 1.54) is 6.07 Å². The van der Waals surface area contributed by atoms with E-state index in [9.17, 15) is 4.39 Å². The molecule has 2 aliphatic heterocycles. The van der Waals surface area contributed by atoms with Crippen LogP contribution in [0.1, 0.15) is 5.56 Å². The maximum absolute atomic E-state index is 14.9. The van der Waals surface area contributed by atoms with Crippen LogP contribution < -0.4 is 15.1 Å². The summed E-state index contributed by atoms with van der Waals surface area (Å²) in [5.41, 5.74) is 7.14. The zero-order valence-corrected chi connectivity index (χ0v) is 21.0. The molecule has 0 unspecified atom stereocenters. The van der Waals surface area contributed by atoms with Crippen molar-refractivity contribution in [2.24, 2.45) is 0 Å². The SMILES string of the molecule is Cc1c(-c2ccccc2F)nc2ccccc2c1Nc1cc(N2CCOCC2)ccc1N1CCOCC1. The molecule has 37 heavy (non-hydrogen) atoms. The Morgan fingerprint density at radius 1 is 0.811 bits per heavy atom. The second kappa shape index (κ2) is 10.4. The molecule has 0 radical (unpaired) electrons. The van der Waals surface area contributed by atoms with Crippen LogP contribution in [0.3, 0.4) is 0 Å². The summed E-state index contributed by atoms with van der Waals surface area (Å²) in [5, 5.41) is 4.79. The highest BCUT2D eigenvalue weighted by atomic mass is 19.1. The highest BCUT2D eigenvalue weighted by molar-refractivity contribution is 5.99. The molecular weight excluding hydrogens is 467 g/mol. The molecule has 190 valence electrons. The zero-order valence-electron chi connectivity index (χ0n) is 21.0. The summed E-state index contributed by atoms with van der Waals surface area (Å²) in [7, 11) is 0. The number of hydrogen-bond donors (Lipinski definition) is 1. The molecule has 1 aromatic heterocycles. The molecule has 2 aliphatic rings. The zero-order chi connectivity index (χ0) is 25.2. The number of hydrogen-bond acceptors (Lipinski definition) is 6. The topological polar surface area (TPSA) is 49.9 Å². The van der Waals surface area contributed by atoms with Crippen LogP contribution in [0.4, 0.5) is 27.1 Å². The molecule has 6 rings (SSSR count). The van der Waals surface area contributed by atoms with Gasteiger partial charge in [0.05, 0.1) is 54.7 Å². The fourth-order valence-corrected chi connectivity index (χ4v) is 5.24. The van der Waals surface area contributed by atoms with Gasteiger partial charge in [0.25, 0.3) is 0 Å². The summed E-state index contributed by atoms with van der Waals surface area (Å²) in [4.78, 5) is 9.61. The molecule has 0 aliphatic carbocycles. The molecule has 0 saturated carbocycles. The van der Waals surface area contributed by atoms with Crippen molar-refractivity contribution < 1.29 is 13.9 Å². The number of aromatic nitrogens is 1. The number of nitrogens with zero attached hydrogens (tertiary/aromatic N) is 3. The Balaban J connectivity index is 1.49. The minimum absolute atomic E-state index is 0.275. The van der Waals surface area contributed by atoms with Crippen LogP contribution in [0.25, 0.3) is 22.2 Å². The lowest BCUT2D eigenvalue weighted by molar-refractivity contribution is 0.122. The summed E-state index contributed by atoms with van der Waals surface area (Å²) in [6.45, 7) is 8.30. The van der Waals surface area contributed by atoms with E-state index in [2.05, 4.69) is 39.4 Å². The smallest absolute Gasteiger partial charge is 0.132 e. The van der Waals surface area contributed by atoms with E-state index in [4.69, 9.17) is 14.5 Å². The second-order valence-corrected chi connectivity index (χ2v) is 9.48. The lowest BCUT2D eigenvalue weighted by atomic mass is 10.0. The van der Waals surface area contributed by atoms with Gasteiger partial charge in [0, 0.05) is 42.8 Å². The normalized spacial score (nSPS) is 16.3. The van der Waals surface area contributed by atoms with Crippen molar-refractivity contribution in [3.63, 3.8) is 0 Å². The lowest BCUT2D eigenvalue weighted by Crippen LogP contribution is -2.37. The largest absolute Gasteiger partial charge is 0.378 e. The van der Waals surface area contributed by atoms with Gasteiger partial charge >= 0.3 is 0 Å². The molecule has 6 nitrogen and oxygen atoms in total. The molecule has 2 fully saturated rings. The van der Waals surface area contributed by atoms with Crippen molar-refractivity contribution in [2.45, 2.75) is 6.92 Å². The van der Waals surface area contributed by atoms with E-state index in [0.29, 0.717) is 24.5 Å². The Morgan fingerprint density at radius 3 is 2.24 bits per heavy atom. The number of ether oxygens (including phenoxy) is 2. The fourth-order valence-electron chi connectivity index (χ4n) is 5.24. The molecule has 7 heteroatoms. The molecule has 0 spiro atoms. The van der Waals surface area contributed by atoms with Crippen molar-refractivity contribution in [1.82, 2.24) is 4.98 Å². The van der Waals surface area contributed by atoms with Gasteiger partial charge in [0.15, 0.2) is 0 Å². The maximum atomic E-state index is 14.9. The summed E-state index contributed by atoms with van der Waals surface area (Å²) in [6.07, 6.45) is 0. The van der Waals surface area contributed by atoms with E-state index >= 15 is 0 Å². The van der Waals surface area contributed by atoms with E-state index in [1.54, 1.807) is 12.1 Å².